The van der Waals surface area contributed by atoms with Gasteiger partial charge in [0.2, 0.25) is 5.91 Å². The third-order valence-corrected chi connectivity index (χ3v) is 6.47. The van der Waals surface area contributed by atoms with Crippen molar-refractivity contribution in [2.75, 3.05) is 25.1 Å². The number of hydrogen-bond acceptors (Lipinski definition) is 8. The molecule has 12 heteroatoms. The second-order valence-corrected chi connectivity index (χ2v) is 9.27. The van der Waals surface area contributed by atoms with Gasteiger partial charge in [-0.1, -0.05) is 19.1 Å². The van der Waals surface area contributed by atoms with Gasteiger partial charge in [0.05, 0.1) is 36.0 Å². The minimum absolute atomic E-state index is 0.224. The number of pyridine rings is 1. The molecule has 3 rings (SSSR count). The maximum Gasteiger partial charge on any atom is 0.312 e. The molecule has 0 saturated heterocycles. The number of carbonyl (C=O) groups is 3. The zero-order valence-corrected chi connectivity index (χ0v) is 23.7. The highest BCUT2D eigenvalue weighted by molar-refractivity contribution is 6.08. The van der Waals surface area contributed by atoms with Gasteiger partial charge in [0.1, 0.15) is 0 Å². The Balaban J connectivity index is 1.90. The molecule has 41 heavy (non-hydrogen) atoms. The van der Waals surface area contributed by atoms with Crippen molar-refractivity contribution in [2.24, 2.45) is 17.2 Å². The van der Waals surface area contributed by atoms with Crippen LogP contribution >= 0.6 is 0 Å². The van der Waals surface area contributed by atoms with Gasteiger partial charge < -0.3 is 42.6 Å². The summed E-state index contributed by atoms with van der Waals surface area (Å²) in [6.07, 6.45) is 3.01. The number of anilines is 2. The summed E-state index contributed by atoms with van der Waals surface area (Å²) in [5.41, 5.74) is 20.7. The molecule has 0 unspecified atom stereocenters. The molecule has 1 aromatic heterocycles. The van der Waals surface area contributed by atoms with E-state index < -0.39 is 18.0 Å². The zero-order valence-electron chi connectivity index (χ0n) is 23.7. The quantitative estimate of drug-likeness (QED) is 0.151. The van der Waals surface area contributed by atoms with Crippen LogP contribution < -0.4 is 42.6 Å². The van der Waals surface area contributed by atoms with Crippen LogP contribution in [0.25, 0.3) is 10.9 Å². The van der Waals surface area contributed by atoms with Gasteiger partial charge in [-0.3, -0.25) is 14.6 Å². The van der Waals surface area contributed by atoms with E-state index in [4.69, 9.17) is 26.7 Å². The lowest BCUT2D eigenvalue weighted by Crippen LogP contribution is -2.41. The van der Waals surface area contributed by atoms with Gasteiger partial charge >= 0.3 is 6.03 Å². The molecule has 0 saturated carbocycles. The fourth-order valence-electron chi connectivity index (χ4n) is 4.51. The van der Waals surface area contributed by atoms with Crippen molar-refractivity contribution in [3.63, 3.8) is 0 Å². The highest BCUT2D eigenvalue weighted by atomic mass is 16.5. The second-order valence-electron chi connectivity index (χ2n) is 9.27. The summed E-state index contributed by atoms with van der Waals surface area (Å²) >= 11 is 0. The van der Waals surface area contributed by atoms with E-state index in [-0.39, 0.29) is 18.0 Å². The highest BCUT2D eigenvalue weighted by Crippen LogP contribution is 2.38. The summed E-state index contributed by atoms with van der Waals surface area (Å²) < 4.78 is 11.6. The Hall–Kier alpha value is -4.58. The predicted octanol–water partition coefficient (Wildman–Crippen LogP) is 2.83. The average Bonchev–Trinajstić information content (AvgIpc) is 2.94. The van der Waals surface area contributed by atoms with Crippen LogP contribution in [0.2, 0.25) is 0 Å². The van der Waals surface area contributed by atoms with Gasteiger partial charge in [-0.05, 0) is 56.4 Å². The summed E-state index contributed by atoms with van der Waals surface area (Å²) in [5.74, 6) is 0.160. The van der Waals surface area contributed by atoms with Gasteiger partial charge in [-0.15, -0.1) is 0 Å². The van der Waals surface area contributed by atoms with E-state index in [0.717, 1.165) is 16.8 Å². The van der Waals surface area contributed by atoms with E-state index in [9.17, 15) is 14.4 Å². The topological polar surface area (TPSA) is 197 Å². The summed E-state index contributed by atoms with van der Waals surface area (Å²) in [5, 5.41) is 9.43. The molecule has 12 nitrogen and oxygen atoms in total. The number of ether oxygens (including phenoxy) is 2. The van der Waals surface area contributed by atoms with E-state index in [1.807, 2.05) is 39.0 Å². The summed E-state index contributed by atoms with van der Waals surface area (Å²) in [6.45, 7) is 7.26. The van der Waals surface area contributed by atoms with Gasteiger partial charge in [0.25, 0.3) is 5.91 Å². The van der Waals surface area contributed by atoms with E-state index in [1.54, 1.807) is 12.1 Å². The van der Waals surface area contributed by atoms with Gasteiger partial charge in [-0.2, -0.15) is 0 Å². The summed E-state index contributed by atoms with van der Waals surface area (Å²) in [4.78, 5) is 40.3. The molecule has 0 aliphatic rings. The number of rotatable bonds is 15. The number of primary amides is 2. The van der Waals surface area contributed by atoms with Crippen LogP contribution in [0.1, 0.15) is 55.1 Å². The lowest BCUT2D eigenvalue weighted by atomic mass is 10.0. The fraction of sp³-hybridized carbons (Fsp3) is 0.379. The second kappa shape index (κ2) is 14.7. The van der Waals surface area contributed by atoms with Crippen LogP contribution in [0.3, 0.4) is 0 Å². The van der Waals surface area contributed by atoms with E-state index >= 15 is 0 Å². The van der Waals surface area contributed by atoms with Crippen LogP contribution in [-0.4, -0.2) is 48.6 Å². The number of nitrogens with two attached hydrogens (primary N) is 3. The molecule has 1 heterocycles. The van der Waals surface area contributed by atoms with Crippen molar-refractivity contribution in [3.05, 3.63) is 53.2 Å². The van der Waals surface area contributed by atoms with Crippen molar-refractivity contribution >= 4 is 40.1 Å². The third-order valence-electron chi connectivity index (χ3n) is 6.47. The number of fused-ring (bicyclic) bond motifs is 1. The molecule has 0 bridgehead atoms. The molecular weight excluding hydrogens is 526 g/mol. The molecule has 220 valence electrons. The molecule has 1 atom stereocenters. The van der Waals surface area contributed by atoms with Crippen LogP contribution in [0.5, 0.6) is 11.5 Å². The molecule has 0 radical (unpaired) electrons. The Morgan fingerprint density at radius 2 is 1.71 bits per heavy atom. The monoisotopic (exact) mass is 565 g/mol. The van der Waals surface area contributed by atoms with Crippen molar-refractivity contribution in [3.8, 4) is 11.5 Å². The number of carbonyl (C=O) groups excluding carboxylic acids is 3. The largest absolute Gasteiger partial charge is 0.490 e. The normalized spacial score (nSPS) is 11.5. The number of benzene rings is 2. The predicted molar refractivity (Wildman–Crippen MR) is 158 cm³/mol. The number of nitrogens with zero attached hydrogens (tertiary/aromatic N) is 1. The van der Waals surface area contributed by atoms with Crippen LogP contribution in [0.15, 0.2) is 36.5 Å². The molecule has 9 N–H and O–H groups in total. The van der Waals surface area contributed by atoms with Crippen molar-refractivity contribution in [1.29, 1.82) is 0 Å². The molecule has 3 aromatic rings. The van der Waals surface area contributed by atoms with Crippen molar-refractivity contribution < 1.29 is 23.9 Å². The zero-order chi connectivity index (χ0) is 29.9. The molecule has 0 aliphatic carbocycles. The van der Waals surface area contributed by atoms with Gasteiger partial charge in [-0.25, -0.2) is 4.79 Å². The summed E-state index contributed by atoms with van der Waals surface area (Å²) in [6, 6.07) is 7.92. The maximum absolute atomic E-state index is 12.6. The molecule has 0 fully saturated rings. The molecule has 0 aliphatic heterocycles. The van der Waals surface area contributed by atoms with Gasteiger partial charge in [0, 0.05) is 36.4 Å². The number of hydrogen-bond donors (Lipinski definition) is 6. The summed E-state index contributed by atoms with van der Waals surface area (Å²) in [7, 11) is 0. The number of amides is 4. The molecular formula is C29H39N7O5. The first-order valence-corrected chi connectivity index (χ1v) is 13.7. The Morgan fingerprint density at radius 1 is 1.00 bits per heavy atom. The van der Waals surface area contributed by atoms with E-state index in [0.29, 0.717) is 67.1 Å². The maximum atomic E-state index is 12.6. The molecule has 2 aromatic carbocycles. The van der Waals surface area contributed by atoms with Crippen molar-refractivity contribution in [1.82, 2.24) is 15.6 Å². The van der Waals surface area contributed by atoms with Gasteiger partial charge in [0.15, 0.2) is 11.5 Å². The van der Waals surface area contributed by atoms with E-state index in [2.05, 4.69) is 20.9 Å². The Kier molecular flexibility index (Phi) is 11.1. The smallest absolute Gasteiger partial charge is 0.312 e. The van der Waals surface area contributed by atoms with Crippen LogP contribution in [0.4, 0.5) is 16.2 Å². The van der Waals surface area contributed by atoms with Crippen molar-refractivity contribution in [2.45, 2.75) is 52.6 Å². The first-order valence-electron chi connectivity index (χ1n) is 13.7. The highest BCUT2D eigenvalue weighted by Gasteiger charge is 2.19. The SMILES string of the molecule is CCOc1cc2ncc(C(N)=O)c(Nc3cccc(CNC(=O)[C@@H](N)CCCNC(N)=O)c3CC)c2cc1OCC. The Bertz CT molecular complexity index is 1400. The lowest BCUT2D eigenvalue weighted by molar-refractivity contribution is -0.122. The fourth-order valence-corrected chi connectivity index (χ4v) is 4.51. The Morgan fingerprint density at radius 3 is 2.34 bits per heavy atom. The Labute approximate surface area is 239 Å². The molecule has 4 amide bonds. The first kappa shape index (κ1) is 31.0. The minimum Gasteiger partial charge on any atom is -0.490 e. The van der Waals surface area contributed by atoms with E-state index in [1.165, 1.54) is 6.20 Å². The van der Waals surface area contributed by atoms with Crippen LogP contribution in [0, 0.1) is 0 Å². The number of nitrogens with one attached hydrogen (secondary N) is 3. The van der Waals surface area contributed by atoms with Crippen LogP contribution in [-0.2, 0) is 17.8 Å². The average molecular weight is 566 g/mol. The third kappa shape index (κ3) is 7.98. The lowest BCUT2D eigenvalue weighted by Gasteiger charge is -2.20. The first-order chi connectivity index (χ1) is 19.7. The molecule has 0 spiro atoms. The number of urea groups is 1. The minimum atomic E-state index is -0.724. The number of aromatic nitrogens is 1. The standard InChI is InChI=1S/C29H39N7O5/c1-4-18-17(15-35-28(38)21(30)10-8-12-33-29(32)39)9-7-11-22(18)36-26-19-13-24(40-5-2)25(41-6-3)14-23(19)34-16-20(26)27(31)37/h7,9,11,13-14,16,21H,4-6,8,10,12,15,30H2,1-3H3,(H2,31,37)(H,34,36)(H,35,38)(H3,32,33,39)/t21-/m0/s1.